The van der Waals surface area contributed by atoms with Gasteiger partial charge in [0, 0.05) is 3.57 Å². The monoisotopic (exact) mass is 367 g/mol. The molecule has 2 N–H and O–H groups in total. The van der Waals surface area contributed by atoms with Gasteiger partial charge in [-0.3, -0.25) is 0 Å². The molecule has 0 aromatic heterocycles. The van der Waals surface area contributed by atoms with E-state index >= 15 is 0 Å². The van der Waals surface area contributed by atoms with Crippen LogP contribution in [-0.4, -0.2) is 6.61 Å². The van der Waals surface area contributed by atoms with Gasteiger partial charge in [0.15, 0.2) is 0 Å². The maximum Gasteiger partial charge on any atom is 0.119 e. The number of aryl methyl sites for hydroxylation is 1. The molecule has 2 rings (SSSR count). The van der Waals surface area contributed by atoms with Crippen LogP contribution in [0.5, 0.6) is 5.75 Å². The summed E-state index contributed by atoms with van der Waals surface area (Å²) in [5.74, 6) is 0.886. The first-order valence-corrected chi connectivity index (χ1v) is 7.44. The van der Waals surface area contributed by atoms with Gasteiger partial charge in [-0.05, 0) is 65.3 Å². The van der Waals surface area contributed by atoms with Crippen molar-refractivity contribution in [2.45, 2.75) is 19.9 Å². The summed E-state index contributed by atoms with van der Waals surface area (Å²) in [5, 5.41) is 0. The highest BCUT2D eigenvalue weighted by atomic mass is 127. The Bertz CT molecular complexity index is 551. The van der Waals surface area contributed by atoms with Crippen molar-refractivity contribution in [3.8, 4) is 5.75 Å². The minimum Gasteiger partial charge on any atom is -0.494 e. The quantitative estimate of drug-likeness (QED) is 0.828. The lowest BCUT2D eigenvalue weighted by molar-refractivity contribution is 0.340. The summed E-state index contributed by atoms with van der Waals surface area (Å²) >= 11 is 2.36. The molecule has 0 saturated carbocycles. The predicted octanol–water partition coefficient (Wildman–Crippen LogP) is 4.05. The molecular weight excluding hydrogens is 349 g/mol. The second-order valence-electron chi connectivity index (χ2n) is 4.46. The zero-order valence-electron chi connectivity index (χ0n) is 11.2. The Labute approximate surface area is 128 Å². The van der Waals surface area contributed by atoms with Crippen LogP contribution in [0.3, 0.4) is 0 Å². The Morgan fingerprint density at radius 1 is 1.16 bits per heavy atom. The van der Waals surface area contributed by atoms with E-state index in [0.717, 1.165) is 11.3 Å². The fourth-order valence-electron chi connectivity index (χ4n) is 2.03. The summed E-state index contributed by atoms with van der Waals surface area (Å²) in [7, 11) is 0. The Hall–Kier alpha value is -1.07. The molecule has 1 atom stereocenters. The first-order chi connectivity index (χ1) is 9.13. The normalized spacial score (nSPS) is 12.2. The van der Waals surface area contributed by atoms with E-state index in [1.54, 1.807) is 0 Å². The summed E-state index contributed by atoms with van der Waals surface area (Å²) in [6.45, 7) is 4.77. The van der Waals surface area contributed by atoms with Gasteiger partial charge in [-0.2, -0.15) is 0 Å². The molecule has 0 amide bonds. The molecule has 0 spiro atoms. The van der Waals surface area contributed by atoms with E-state index in [-0.39, 0.29) is 6.04 Å². The van der Waals surface area contributed by atoms with E-state index in [4.69, 9.17) is 10.5 Å². The molecule has 0 heterocycles. The van der Waals surface area contributed by atoms with Gasteiger partial charge in [-0.1, -0.05) is 30.3 Å². The van der Waals surface area contributed by atoms with E-state index in [1.807, 2.05) is 31.2 Å². The molecule has 100 valence electrons. The number of nitrogens with two attached hydrogens (primary N) is 1. The molecule has 19 heavy (non-hydrogen) atoms. The van der Waals surface area contributed by atoms with E-state index < -0.39 is 0 Å². The maximum absolute atomic E-state index is 6.36. The Balaban J connectivity index is 2.28. The fourth-order valence-corrected chi connectivity index (χ4v) is 2.72. The zero-order valence-corrected chi connectivity index (χ0v) is 13.3. The van der Waals surface area contributed by atoms with Crippen LogP contribution >= 0.6 is 22.6 Å². The van der Waals surface area contributed by atoms with Gasteiger partial charge in [-0.25, -0.2) is 0 Å². The van der Waals surface area contributed by atoms with Crippen molar-refractivity contribution in [3.05, 3.63) is 62.7 Å². The molecule has 0 bridgehead atoms. The summed E-state index contributed by atoms with van der Waals surface area (Å²) in [6.07, 6.45) is 0. The van der Waals surface area contributed by atoms with Gasteiger partial charge >= 0.3 is 0 Å². The second kappa shape index (κ2) is 6.39. The maximum atomic E-state index is 6.36. The van der Waals surface area contributed by atoms with Crippen molar-refractivity contribution in [3.63, 3.8) is 0 Å². The van der Waals surface area contributed by atoms with Crippen molar-refractivity contribution in [1.82, 2.24) is 0 Å². The highest BCUT2D eigenvalue weighted by Gasteiger charge is 2.13. The van der Waals surface area contributed by atoms with Crippen molar-refractivity contribution in [2.75, 3.05) is 6.61 Å². The smallest absolute Gasteiger partial charge is 0.119 e. The largest absolute Gasteiger partial charge is 0.494 e. The lowest BCUT2D eigenvalue weighted by atomic mass is 9.98. The van der Waals surface area contributed by atoms with Gasteiger partial charge in [0.1, 0.15) is 5.75 Å². The SMILES string of the molecule is CCOc1ccc(C(N)c2cccc(C)c2I)cc1. The van der Waals surface area contributed by atoms with Crippen LogP contribution < -0.4 is 10.5 Å². The second-order valence-corrected chi connectivity index (χ2v) is 5.54. The third kappa shape index (κ3) is 3.28. The topological polar surface area (TPSA) is 35.2 Å². The van der Waals surface area contributed by atoms with Crippen LogP contribution in [0, 0.1) is 10.5 Å². The van der Waals surface area contributed by atoms with Crippen LogP contribution in [0.15, 0.2) is 42.5 Å². The fraction of sp³-hybridized carbons (Fsp3) is 0.250. The Morgan fingerprint density at radius 3 is 2.47 bits per heavy atom. The van der Waals surface area contributed by atoms with E-state index in [2.05, 4.69) is 47.7 Å². The van der Waals surface area contributed by atoms with Crippen molar-refractivity contribution < 1.29 is 4.74 Å². The average molecular weight is 367 g/mol. The third-order valence-electron chi connectivity index (χ3n) is 3.11. The summed E-state index contributed by atoms with van der Waals surface area (Å²) in [6, 6.07) is 14.2. The van der Waals surface area contributed by atoms with Crippen molar-refractivity contribution in [1.29, 1.82) is 0 Å². The van der Waals surface area contributed by atoms with Crippen molar-refractivity contribution >= 4 is 22.6 Å². The van der Waals surface area contributed by atoms with Crippen LogP contribution in [-0.2, 0) is 0 Å². The number of hydrogen-bond donors (Lipinski definition) is 1. The number of halogens is 1. The first kappa shape index (κ1) is 14.3. The predicted molar refractivity (Wildman–Crippen MR) is 87.5 cm³/mol. The van der Waals surface area contributed by atoms with Gasteiger partial charge in [0.05, 0.1) is 12.6 Å². The zero-order chi connectivity index (χ0) is 13.8. The molecule has 0 aliphatic rings. The van der Waals surface area contributed by atoms with E-state index in [0.29, 0.717) is 6.61 Å². The highest BCUT2D eigenvalue weighted by Crippen LogP contribution is 2.27. The van der Waals surface area contributed by atoms with E-state index in [1.165, 1.54) is 14.7 Å². The third-order valence-corrected chi connectivity index (χ3v) is 4.58. The first-order valence-electron chi connectivity index (χ1n) is 6.36. The molecule has 0 fully saturated rings. The molecule has 2 nitrogen and oxygen atoms in total. The van der Waals surface area contributed by atoms with Crippen LogP contribution in [0.1, 0.15) is 29.7 Å². The van der Waals surface area contributed by atoms with Crippen molar-refractivity contribution in [2.24, 2.45) is 5.73 Å². The molecule has 2 aromatic carbocycles. The van der Waals surface area contributed by atoms with Crippen LogP contribution in [0.2, 0.25) is 0 Å². The summed E-state index contributed by atoms with van der Waals surface area (Å²) in [5.41, 5.74) is 9.90. The summed E-state index contributed by atoms with van der Waals surface area (Å²) < 4.78 is 6.68. The van der Waals surface area contributed by atoms with Gasteiger partial charge < -0.3 is 10.5 Å². The molecule has 0 saturated heterocycles. The Kier molecular flexibility index (Phi) is 4.82. The molecule has 0 aliphatic carbocycles. The average Bonchev–Trinajstić information content (AvgIpc) is 2.42. The van der Waals surface area contributed by atoms with Crippen LogP contribution in [0.25, 0.3) is 0 Å². The van der Waals surface area contributed by atoms with Gasteiger partial charge in [0.25, 0.3) is 0 Å². The molecular formula is C16H18INO. The molecule has 0 radical (unpaired) electrons. The molecule has 1 unspecified atom stereocenters. The minimum absolute atomic E-state index is 0.0949. The number of benzene rings is 2. The Morgan fingerprint density at radius 2 is 1.84 bits per heavy atom. The van der Waals surface area contributed by atoms with E-state index in [9.17, 15) is 0 Å². The number of ether oxygens (including phenoxy) is 1. The number of hydrogen-bond acceptors (Lipinski definition) is 2. The number of rotatable bonds is 4. The minimum atomic E-state index is -0.0949. The van der Waals surface area contributed by atoms with Gasteiger partial charge in [-0.15, -0.1) is 0 Å². The molecule has 0 aliphatic heterocycles. The van der Waals surface area contributed by atoms with Gasteiger partial charge in [0.2, 0.25) is 0 Å². The van der Waals surface area contributed by atoms with Crippen LogP contribution in [0.4, 0.5) is 0 Å². The standard InChI is InChI=1S/C16H18INO/c1-3-19-13-9-7-12(8-10-13)16(18)14-6-4-5-11(2)15(14)17/h4-10,16H,3,18H2,1-2H3. The lowest BCUT2D eigenvalue weighted by Crippen LogP contribution is -2.13. The summed E-state index contributed by atoms with van der Waals surface area (Å²) in [4.78, 5) is 0. The molecule has 3 heteroatoms. The molecule has 2 aromatic rings. The highest BCUT2D eigenvalue weighted by molar-refractivity contribution is 14.1. The lowest BCUT2D eigenvalue weighted by Gasteiger charge is -2.16.